The van der Waals surface area contributed by atoms with Crippen molar-refractivity contribution < 1.29 is 4.55 Å². The number of para-hydroxylation sites is 1. The van der Waals surface area contributed by atoms with E-state index in [0.29, 0.717) is 5.92 Å². The summed E-state index contributed by atoms with van der Waals surface area (Å²) < 4.78 is 13.4. The number of nitrogens with zero attached hydrogens (tertiary/aromatic N) is 1. The van der Waals surface area contributed by atoms with Crippen molar-refractivity contribution in [2.24, 2.45) is 0 Å². The summed E-state index contributed by atoms with van der Waals surface area (Å²) in [5, 5.41) is 0. The van der Waals surface area contributed by atoms with Crippen LogP contribution in [0.4, 0.5) is 11.4 Å². The second-order valence-electron chi connectivity index (χ2n) is 7.60. The van der Waals surface area contributed by atoms with Gasteiger partial charge in [0.25, 0.3) is 0 Å². The summed E-state index contributed by atoms with van der Waals surface area (Å²) in [7, 11) is 0. The molecule has 0 bridgehead atoms. The van der Waals surface area contributed by atoms with Crippen LogP contribution in [0, 0.1) is 0 Å². The molecule has 0 radical (unpaired) electrons. The first-order valence-corrected chi connectivity index (χ1v) is 10.7. The number of benzene rings is 3. The van der Waals surface area contributed by atoms with Gasteiger partial charge in [0.05, 0.1) is 5.69 Å². The summed E-state index contributed by atoms with van der Waals surface area (Å²) in [5.74, 6) is 0.380. The Morgan fingerprint density at radius 1 is 0.778 bits per heavy atom. The predicted molar refractivity (Wildman–Crippen MR) is 114 cm³/mol. The lowest BCUT2D eigenvalue weighted by Gasteiger charge is -2.38. The van der Waals surface area contributed by atoms with Crippen LogP contribution in [0.2, 0.25) is 0 Å². The Hall–Kier alpha value is -2.23. The monoisotopic (exact) mass is 375 g/mol. The van der Waals surface area contributed by atoms with Crippen LogP contribution in [0.3, 0.4) is 0 Å². The average molecular weight is 376 g/mol. The molecule has 27 heavy (non-hydrogen) atoms. The Balaban J connectivity index is 2.09. The van der Waals surface area contributed by atoms with Crippen LogP contribution >= 0.6 is 0 Å². The molecule has 3 heteroatoms. The molecule has 0 aromatic heterocycles. The Kier molecular flexibility index (Phi) is 4.75. The Labute approximate surface area is 165 Å². The van der Waals surface area contributed by atoms with E-state index in [1.807, 2.05) is 24.3 Å². The third-order valence-corrected chi connectivity index (χ3v) is 6.61. The first-order chi connectivity index (χ1) is 13.0. The smallest absolute Gasteiger partial charge is 0.182 e. The van der Waals surface area contributed by atoms with E-state index in [0.717, 1.165) is 21.2 Å². The second kappa shape index (κ2) is 7.06. The van der Waals surface area contributed by atoms with Gasteiger partial charge >= 0.3 is 0 Å². The highest BCUT2D eigenvalue weighted by atomic mass is 32.2. The van der Waals surface area contributed by atoms with Crippen LogP contribution in [0.15, 0.2) is 76.5 Å². The molecule has 1 aliphatic heterocycles. The Bertz CT molecular complexity index is 965. The van der Waals surface area contributed by atoms with Crippen molar-refractivity contribution in [3.8, 4) is 11.1 Å². The topological polar surface area (TPSA) is 26.3 Å². The zero-order valence-electron chi connectivity index (χ0n) is 16.3. The first kappa shape index (κ1) is 18.1. The SMILES string of the molecule is CC(C)c1ccc2c(c1-c1ccccc1)N(C(C)C)c1ccccc1[S+]2[O-]. The number of hydrogen-bond donors (Lipinski definition) is 0. The predicted octanol–water partition coefficient (Wildman–Crippen LogP) is 6.50. The minimum atomic E-state index is -1.17. The number of rotatable bonds is 3. The zero-order valence-corrected chi connectivity index (χ0v) is 17.1. The maximum absolute atomic E-state index is 13.4. The van der Waals surface area contributed by atoms with Gasteiger partial charge in [0, 0.05) is 22.8 Å². The van der Waals surface area contributed by atoms with Crippen molar-refractivity contribution in [3.05, 3.63) is 72.3 Å². The Morgan fingerprint density at radius 3 is 2.11 bits per heavy atom. The van der Waals surface area contributed by atoms with Crippen molar-refractivity contribution in [2.75, 3.05) is 4.90 Å². The lowest BCUT2D eigenvalue weighted by molar-refractivity contribution is 0.591. The maximum atomic E-state index is 13.4. The van der Waals surface area contributed by atoms with E-state index in [-0.39, 0.29) is 6.04 Å². The number of hydrogen-bond acceptors (Lipinski definition) is 2. The summed E-state index contributed by atoms with van der Waals surface area (Å²) in [4.78, 5) is 4.17. The van der Waals surface area contributed by atoms with E-state index < -0.39 is 11.2 Å². The molecule has 1 unspecified atom stereocenters. The lowest BCUT2D eigenvalue weighted by Crippen LogP contribution is -2.32. The summed E-state index contributed by atoms with van der Waals surface area (Å²) in [5.41, 5.74) is 5.83. The molecular weight excluding hydrogens is 350 g/mol. The molecule has 4 rings (SSSR count). The van der Waals surface area contributed by atoms with Crippen LogP contribution < -0.4 is 4.90 Å². The largest absolute Gasteiger partial charge is 0.606 e. The molecule has 0 aliphatic carbocycles. The van der Waals surface area contributed by atoms with E-state index >= 15 is 0 Å². The standard InChI is InChI=1S/C24H25NOS/c1-16(2)19-14-15-22-24(23(19)18-10-6-5-7-11-18)25(17(3)4)20-12-8-9-13-21(20)27(22)26/h5-17H,1-4H3. The molecule has 138 valence electrons. The van der Waals surface area contributed by atoms with Crippen molar-refractivity contribution >= 4 is 22.6 Å². The van der Waals surface area contributed by atoms with Crippen LogP contribution in [-0.2, 0) is 11.2 Å². The van der Waals surface area contributed by atoms with Crippen LogP contribution in [0.1, 0.15) is 39.2 Å². The highest BCUT2D eigenvalue weighted by molar-refractivity contribution is 7.92. The van der Waals surface area contributed by atoms with E-state index in [2.05, 4.69) is 75.1 Å². The fourth-order valence-electron chi connectivity index (χ4n) is 3.95. The highest BCUT2D eigenvalue weighted by Gasteiger charge is 2.37. The van der Waals surface area contributed by atoms with Crippen LogP contribution in [0.25, 0.3) is 11.1 Å². The van der Waals surface area contributed by atoms with Crippen LogP contribution in [0.5, 0.6) is 0 Å². The summed E-state index contributed by atoms with van der Waals surface area (Å²) >= 11 is -1.17. The highest BCUT2D eigenvalue weighted by Crippen LogP contribution is 2.51. The summed E-state index contributed by atoms with van der Waals surface area (Å²) in [6.07, 6.45) is 0. The molecule has 0 amide bonds. The summed E-state index contributed by atoms with van der Waals surface area (Å²) in [6.45, 7) is 8.85. The molecule has 0 saturated heterocycles. The van der Waals surface area contributed by atoms with Gasteiger partial charge in [0.15, 0.2) is 9.79 Å². The minimum Gasteiger partial charge on any atom is -0.606 e. The number of anilines is 2. The van der Waals surface area contributed by atoms with Gasteiger partial charge in [-0.1, -0.05) is 62.4 Å². The van der Waals surface area contributed by atoms with Gasteiger partial charge < -0.3 is 9.45 Å². The van der Waals surface area contributed by atoms with E-state index in [1.165, 1.54) is 16.7 Å². The van der Waals surface area contributed by atoms with Crippen molar-refractivity contribution in [1.29, 1.82) is 0 Å². The molecule has 0 saturated carbocycles. The third kappa shape index (κ3) is 2.95. The van der Waals surface area contributed by atoms with Gasteiger partial charge in [-0.15, -0.1) is 0 Å². The summed E-state index contributed by atoms with van der Waals surface area (Å²) in [6, 6.07) is 23.1. The normalized spacial score (nSPS) is 15.8. The fraction of sp³-hybridized carbons (Fsp3) is 0.250. The molecule has 1 atom stereocenters. The van der Waals surface area contributed by atoms with Crippen molar-refractivity contribution in [1.82, 2.24) is 0 Å². The van der Waals surface area contributed by atoms with E-state index in [4.69, 9.17) is 0 Å². The van der Waals surface area contributed by atoms with Gasteiger partial charge in [-0.05, 0) is 49.1 Å². The van der Waals surface area contributed by atoms with Crippen molar-refractivity contribution in [2.45, 2.75) is 49.4 Å². The fourth-order valence-corrected chi connectivity index (χ4v) is 5.32. The van der Waals surface area contributed by atoms with E-state index in [1.54, 1.807) is 0 Å². The molecule has 3 aromatic rings. The van der Waals surface area contributed by atoms with Crippen LogP contribution in [-0.4, -0.2) is 10.6 Å². The van der Waals surface area contributed by atoms with Gasteiger partial charge in [-0.2, -0.15) is 0 Å². The molecule has 0 spiro atoms. The number of fused-ring (bicyclic) bond motifs is 2. The quantitative estimate of drug-likeness (QED) is 0.488. The van der Waals surface area contributed by atoms with Gasteiger partial charge in [0.1, 0.15) is 5.69 Å². The lowest BCUT2D eigenvalue weighted by atomic mass is 9.90. The van der Waals surface area contributed by atoms with Crippen molar-refractivity contribution in [3.63, 3.8) is 0 Å². The van der Waals surface area contributed by atoms with Gasteiger partial charge in [0.2, 0.25) is 0 Å². The third-order valence-electron chi connectivity index (χ3n) is 5.14. The molecular formula is C24H25NOS. The molecule has 0 fully saturated rings. The van der Waals surface area contributed by atoms with Gasteiger partial charge in [-0.3, -0.25) is 0 Å². The molecule has 1 aliphatic rings. The molecule has 2 nitrogen and oxygen atoms in total. The maximum Gasteiger partial charge on any atom is 0.182 e. The second-order valence-corrected chi connectivity index (χ2v) is 9.01. The Morgan fingerprint density at radius 2 is 1.44 bits per heavy atom. The molecule has 3 aromatic carbocycles. The zero-order chi connectivity index (χ0) is 19.1. The average Bonchev–Trinajstić information content (AvgIpc) is 2.67. The van der Waals surface area contributed by atoms with E-state index in [9.17, 15) is 4.55 Å². The van der Waals surface area contributed by atoms with Gasteiger partial charge in [-0.25, -0.2) is 0 Å². The molecule has 0 N–H and O–H groups in total. The molecule has 1 heterocycles. The minimum absolute atomic E-state index is 0.257. The first-order valence-electron chi connectivity index (χ1n) is 9.53.